The number of hydrogen-bond acceptors (Lipinski definition) is 5. The second-order valence-corrected chi connectivity index (χ2v) is 8.69. The Morgan fingerprint density at radius 1 is 0.938 bits per heavy atom. The third-order valence-electron chi connectivity index (χ3n) is 5.50. The number of nitrogens with zero attached hydrogens (tertiary/aromatic N) is 4. The van der Waals surface area contributed by atoms with Gasteiger partial charge in [0.05, 0.1) is 5.69 Å². The minimum absolute atomic E-state index is 0.508. The summed E-state index contributed by atoms with van der Waals surface area (Å²) in [5.41, 5.74) is 3.34. The molecule has 0 unspecified atom stereocenters. The molecule has 8 heteroatoms. The van der Waals surface area contributed by atoms with Crippen LogP contribution in [-0.4, -0.2) is 45.7 Å². The Morgan fingerprint density at radius 2 is 1.69 bits per heavy atom. The van der Waals surface area contributed by atoms with Crippen LogP contribution in [0.25, 0.3) is 16.9 Å². The topological polar surface area (TPSA) is 54.7 Å². The van der Waals surface area contributed by atoms with E-state index in [4.69, 9.17) is 27.9 Å². The predicted octanol–water partition coefficient (Wildman–Crippen LogP) is 5.92. The van der Waals surface area contributed by atoms with Gasteiger partial charge in [0.1, 0.15) is 12.4 Å². The summed E-state index contributed by atoms with van der Waals surface area (Å²) in [6.45, 7) is 4.05. The first-order chi connectivity index (χ1) is 15.6. The van der Waals surface area contributed by atoms with Crippen molar-refractivity contribution < 1.29 is 4.74 Å². The number of anilines is 2. The van der Waals surface area contributed by atoms with E-state index >= 15 is 0 Å². The van der Waals surface area contributed by atoms with E-state index in [1.165, 1.54) is 25.9 Å². The minimum Gasteiger partial charge on any atom is -0.492 e. The molecule has 1 saturated heterocycles. The Labute approximate surface area is 196 Å². The van der Waals surface area contributed by atoms with E-state index in [0.29, 0.717) is 22.6 Å². The Bertz CT molecular complexity index is 1200. The molecule has 0 bridgehead atoms. The lowest BCUT2D eigenvalue weighted by Crippen LogP contribution is -2.25. The average molecular weight is 468 g/mol. The maximum atomic E-state index is 6.19. The quantitative estimate of drug-likeness (QED) is 0.365. The molecule has 2 aromatic carbocycles. The van der Waals surface area contributed by atoms with Crippen LogP contribution in [0.2, 0.25) is 10.0 Å². The van der Waals surface area contributed by atoms with Crippen molar-refractivity contribution in [3.8, 4) is 17.0 Å². The molecule has 0 radical (unpaired) electrons. The summed E-state index contributed by atoms with van der Waals surface area (Å²) < 4.78 is 7.66. The first-order valence-corrected chi connectivity index (χ1v) is 11.4. The number of nitrogens with one attached hydrogen (secondary N) is 1. The van der Waals surface area contributed by atoms with Gasteiger partial charge in [-0.2, -0.15) is 4.98 Å². The number of likely N-dealkylation sites (tertiary alicyclic amines) is 1. The van der Waals surface area contributed by atoms with Crippen LogP contribution in [0.4, 0.5) is 11.6 Å². The molecule has 3 heterocycles. The van der Waals surface area contributed by atoms with E-state index < -0.39 is 0 Å². The van der Waals surface area contributed by atoms with Gasteiger partial charge in [0.25, 0.3) is 0 Å². The molecule has 0 saturated carbocycles. The number of fused-ring (bicyclic) bond motifs is 1. The van der Waals surface area contributed by atoms with Crippen LogP contribution in [0.1, 0.15) is 12.8 Å². The molecule has 0 spiro atoms. The van der Waals surface area contributed by atoms with Crippen molar-refractivity contribution in [1.82, 2.24) is 19.5 Å². The molecule has 0 aliphatic carbocycles. The lowest BCUT2D eigenvalue weighted by molar-refractivity contribution is 0.238. The van der Waals surface area contributed by atoms with Crippen molar-refractivity contribution in [1.29, 1.82) is 0 Å². The molecule has 5 rings (SSSR count). The Balaban J connectivity index is 1.29. The van der Waals surface area contributed by atoms with Gasteiger partial charge >= 0.3 is 0 Å². The highest BCUT2D eigenvalue weighted by molar-refractivity contribution is 6.35. The Kier molecular flexibility index (Phi) is 6.17. The molecular formula is C24H23Cl2N5O. The summed E-state index contributed by atoms with van der Waals surface area (Å²) in [6, 6.07) is 19.1. The van der Waals surface area contributed by atoms with Crippen LogP contribution in [0.3, 0.4) is 0 Å². The summed E-state index contributed by atoms with van der Waals surface area (Å²) in [6.07, 6.45) is 2.59. The van der Waals surface area contributed by atoms with Gasteiger partial charge < -0.3 is 10.1 Å². The molecule has 1 aliphatic rings. The first kappa shape index (κ1) is 21.1. The molecule has 0 amide bonds. The van der Waals surface area contributed by atoms with Gasteiger partial charge in [-0.25, -0.2) is 4.52 Å². The molecule has 6 nitrogen and oxygen atoms in total. The smallest absolute Gasteiger partial charge is 0.247 e. The maximum Gasteiger partial charge on any atom is 0.247 e. The van der Waals surface area contributed by atoms with Crippen LogP contribution >= 0.6 is 23.2 Å². The van der Waals surface area contributed by atoms with Crippen molar-refractivity contribution in [3.63, 3.8) is 0 Å². The summed E-state index contributed by atoms with van der Waals surface area (Å²) in [7, 11) is 0. The average Bonchev–Trinajstić information content (AvgIpc) is 3.43. The number of hydrogen-bond donors (Lipinski definition) is 1. The van der Waals surface area contributed by atoms with Crippen molar-refractivity contribution >= 4 is 40.5 Å². The molecule has 32 heavy (non-hydrogen) atoms. The van der Waals surface area contributed by atoms with E-state index in [0.717, 1.165) is 34.9 Å². The standard InChI is InChI=1S/C24H23Cl2N5O/c25-18-14-17(15-19(26)16-18)22-4-3-5-23-28-24(29-31(22)23)27-20-6-8-21(9-7-20)32-13-12-30-10-1-2-11-30/h3-9,14-16H,1-2,10-13H2,(H,27,29). The molecule has 0 atom stereocenters. The highest BCUT2D eigenvalue weighted by Crippen LogP contribution is 2.28. The number of rotatable bonds is 7. The number of pyridine rings is 1. The third-order valence-corrected chi connectivity index (χ3v) is 5.94. The summed E-state index contributed by atoms with van der Waals surface area (Å²) >= 11 is 12.4. The second-order valence-electron chi connectivity index (χ2n) is 7.82. The zero-order valence-corrected chi connectivity index (χ0v) is 19.0. The minimum atomic E-state index is 0.508. The third kappa shape index (κ3) is 4.83. The van der Waals surface area contributed by atoms with Crippen LogP contribution < -0.4 is 10.1 Å². The molecule has 1 aliphatic heterocycles. The normalized spacial score (nSPS) is 14.2. The van der Waals surface area contributed by atoms with Crippen LogP contribution in [0, 0.1) is 0 Å². The van der Waals surface area contributed by atoms with Gasteiger partial charge in [-0.15, -0.1) is 5.10 Å². The van der Waals surface area contributed by atoms with Crippen LogP contribution in [0.15, 0.2) is 60.7 Å². The zero-order chi connectivity index (χ0) is 21.9. The maximum absolute atomic E-state index is 6.19. The predicted molar refractivity (Wildman–Crippen MR) is 129 cm³/mol. The Morgan fingerprint density at radius 3 is 2.44 bits per heavy atom. The van der Waals surface area contributed by atoms with Crippen molar-refractivity contribution in [2.24, 2.45) is 0 Å². The first-order valence-electron chi connectivity index (χ1n) is 10.7. The molecule has 1 fully saturated rings. The summed E-state index contributed by atoms with van der Waals surface area (Å²) in [4.78, 5) is 7.03. The lowest BCUT2D eigenvalue weighted by Gasteiger charge is -2.15. The van der Waals surface area contributed by atoms with E-state index in [1.54, 1.807) is 10.6 Å². The van der Waals surface area contributed by atoms with Crippen molar-refractivity contribution in [3.05, 3.63) is 70.7 Å². The fourth-order valence-corrected chi connectivity index (χ4v) is 4.47. The van der Waals surface area contributed by atoms with Gasteiger partial charge in [-0.3, -0.25) is 4.90 Å². The van der Waals surface area contributed by atoms with E-state index in [2.05, 4.69) is 20.3 Å². The van der Waals surface area contributed by atoms with Crippen LogP contribution in [0.5, 0.6) is 5.75 Å². The van der Waals surface area contributed by atoms with Gasteiger partial charge in [-0.05, 0) is 80.5 Å². The fourth-order valence-electron chi connectivity index (χ4n) is 3.94. The molecule has 1 N–H and O–H groups in total. The largest absolute Gasteiger partial charge is 0.492 e. The molecular weight excluding hydrogens is 445 g/mol. The summed E-state index contributed by atoms with van der Waals surface area (Å²) in [5, 5.41) is 9.04. The van der Waals surface area contributed by atoms with Crippen LogP contribution in [-0.2, 0) is 0 Å². The van der Waals surface area contributed by atoms with E-state index in [-0.39, 0.29) is 0 Å². The van der Waals surface area contributed by atoms with Gasteiger partial charge in [0.15, 0.2) is 5.65 Å². The van der Waals surface area contributed by atoms with Gasteiger partial charge in [-0.1, -0.05) is 29.3 Å². The molecule has 164 valence electrons. The Hall–Kier alpha value is -2.80. The molecule has 4 aromatic rings. The SMILES string of the molecule is Clc1cc(Cl)cc(-c2cccc3nc(Nc4ccc(OCCN5CCCC5)cc4)nn23)c1. The highest BCUT2D eigenvalue weighted by atomic mass is 35.5. The van der Waals surface area contributed by atoms with Gasteiger partial charge in [0.2, 0.25) is 5.95 Å². The van der Waals surface area contributed by atoms with Gasteiger partial charge in [0, 0.05) is 27.8 Å². The monoisotopic (exact) mass is 467 g/mol. The van der Waals surface area contributed by atoms with E-state index in [9.17, 15) is 0 Å². The van der Waals surface area contributed by atoms with Crippen molar-refractivity contribution in [2.45, 2.75) is 12.8 Å². The fraction of sp³-hybridized carbons (Fsp3) is 0.250. The zero-order valence-electron chi connectivity index (χ0n) is 17.5. The highest BCUT2D eigenvalue weighted by Gasteiger charge is 2.12. The van der Waals surface area contributed by atoms with E-state index in [1.807, 2.05) is 54.6 Å². The second kappa shape index (κ2) is 9.36. The lowest BCUT2D eigenvalue weighted by atomic mass is 10.1. The number of halogens is 2. The summed E-state index contributed by atoms with van der Waals surface area (Å²) in [5.74, 6) is 1.37. The number of aromatic nitrogens is 3. The number of ether oxygens (including phenoxy) is 1. The van der Waals surface area contributed by atoms with Crippen molar-refractivity contribution in [2.75, 3.05) is 31.6 Å². The number of benzene rings is 2. The molecule has 2 aromatic heterocycles.